The second-order valence-electron chi connectivity index (χ2n) is 8.03. The van der Waals surface area contributed by atoms with Gasteiger partial charge < -0.3 is 9.64 Å². The van der Waals surface area contributed by atoms with Gasteiger partial charge in [0.05, 0.1) is 18.3 Å². The van der Waals surface area contributed by atoms with Crippen LogP contribution in [0.2, 0.25) is 0 Å². The van der Waals surface area contributed by atoms with E-state index in [2.05, 4.69) is 79.4 Å². The Morgan fingerprint density at radius 3 is 2.78 bits per heavy atom. The van der Waals surface area contributed by atoms with Crippen LogP contribution in [0.3, 0.4) is 0 Å². The first-order chi connectivity index (χ1) is 13.1. The van der Waals surface area contributed by atoms with Crippen molar-refractivity contribution in [3.8, 4) is 5.75 Å². The molecule has 0 aromatic heterocycles. The Morgan fingerprint density at radius 1 is 1.04 bits per heavy atom. The van der Waals surface area contributed by atoms with Crippen molar-refractivity contribution >= 4 is 33.4 Å². The molecule has 2 atom stereocenters. The first-order valence-electron chi connectivity index (χ1n) is 9.44. The van der Waals surface area contributed by atoms with Crippen molar-refractivity contribution in [2.45, 2.75) is 30.3 Å². The number of hydrogen-bond donors (Lipinski definition) is 0. The zero-order valence-electron chi connectivity index (χ0n) is 15.3. The summed E-state index contributed by atoms with van der Waals surface area (Å²) < 4.78 is 6.27. The summed E-state index contributed by atoms with van der Waals surface area (Å²) in [5.41, 5.74) is 2.45. The number of hydrogen-bond acceptors (Lipinski definition) is 4. The average molecular weight is 372 g/mol. The number of amidine groups is 1. The van der Waals surface area contributed by atoms with Gasteiger partial charge >= 0.3 is 0 Å². The van der Waals surface area contributed by atoms with Crippen molar-refractivity contribution < 1.29 is 4.74 Å². The number of thioether (sulfide) groups is 1. The molecular weight excluding hydrogens is 352 g/mol. The van der Waals surface area contributed by atoms with Gasteiger partial charge in [0.1, 0.15) is 5.75 Å². The third-order valence-electron chi connectivity index (χ3n) is 6.26. The van der Waals surface area contributed by atoms with Crippen LogP contribution in [-0.4, -0.2) is 17.3 Å². The van der Waals surface area contributed by atoms with E-state index in [1.807, 2.05) is 0 Å². The van der Waals surface area contributed by atoms with Crippen molar-refractivity contribution in [1.82, 2.24) is 0 Å². The smallest absolute Gasteiger partial charge is 0.169 e. The van der Waals surface area contributed by atoms with Gasteiger partial charge in [-0.15, -0.1) is 0 Å². The highest BCUT2D eigenvalue weighted by Gasteiger charge is 2.52. The molecule has 3 aromatic rings. The summed E-state index contributed by atoms with van der Waals surface area (Å²) in [5, 5.41) is 3.63. The molecule has 0 amide bonds. The quantitative estimate of drug-likeness (QED) is 0.510. The lowest BCUT2D eigenvalue weighted by molar-refractivity contribution is 0.134. The fraction of sp³-hybridized carbons (Fsp3) is 0.261. The van der Waals surface area contributed by atoms with E-state index in [0.29, 0.717) is 12.5 Å². The number of aliphatic imine (C=N–C) groups is 1. The van der Waals surface area contributed by atoms with Crippen LogP contribution in [0, 0.1) is 5.92 Å². The number of benzene rings is 3. The minimum absolute atomic E-state index is 0.0734. The molecule has 3 aromatic carbocycles. The van der Waals surface area contributed by atoms with Crippen molar-refractivity contribution in [2.75, 3.05) is 11.5 Å². The lowest BCUT2D eigenvalue weighted by Gasteiger charge is -2.50. The molecule has 0 saturated carbocycles. The molecule has 3 aliphatic rings. The van der Waals surface area contributed by atoms with Crippen LogP contribution < -0.4 is 9.64 Å². The molecule has 0 N–H and O–H groups in total. The fourth-order valence-electron chi connectivity index (χ4n) is 4.82. The topological polar surface area (TPSA) is 24.8 Å². The lowest BCUT2D eigenvalue weighted by atomic mass is 9.75. The summed E-state index contributed by atoms with van der Waals surface area (Å²) in [6.07, 6.45) is 0. The molecule has 2 unspecified atom stereocenters. The number of nitrogens with zero attached hydrogens (tertiary/aromatic N) is 2. The Balaban J connectivity index is 1.60. The summed E-state index contributed by atoms with van der Waals surface area (Å²) in [4.78, 5) is 9.01. The van der Waals surface area contributed by atoms with Crippen LogP contribution in [0.4, 0.5) is 5.69 Å². The minimum Gasteiger partial charge on any atom is -0.493 e. The predicted octanol–water partition coefficient (Wildman–Crippen LogP) is 5.65. The van der Waals surface area contributed by atoms with Crippen molar-refractivity contribution in [3.05, 3.63) is 66.2 Å². The van der Waals surface area contributed by atoms with Crippen LogP contribution in [0.15, 0.2) is 70.6 Å². The predicted molar refractivity (Wildman–Crippen MR) is 112 cm³/mol. The molecule has 0 bridgehead atoms. The van der Waals surface area contributed by atoms with Gasteiger partial charge in [0.15, 0.2) is 5.17 Å². The van der Waals surface area contributed by atoms with Gasteiger partial charge in [-0.25, -0.2) is 0 Å². The van der Waals surface area contributed by atoms with Gasteiger partial charge in [-0.3, -0.25) is 4.99 Å². The molecule has 27 heavy (non-hydrogen) atoms. The third-order valence-corrected chi connectivity index (χ3v) is 7.29. The molecule has 0 radical (unpaired) electrons. The van der Waals surface area contributed by atoms with Gasteiger partial charge in [-0.2, -0.15) is 0 Å². The molecule has 3 heterocycles. The maximum atomic E-state index is 6.27. The zero-order valence-corrected chi connectivity index (χ0v) is 16.2. The SMILES string of the molecule is CC1(C)C2COc3ccc4ccccc4c3C2N=C2Sc3ccccc3N21. The number of anilines is 1. The normalized spacial score (nSPS) is 24.4. The van der Waals surface area contributed by atoms with Crippen molar-refractivity contribution in [1.29, 1.82) is 0 Å². The molecule has 0 saturated heterocycles. The van der Waals surface area contributed by atoms with Gasteiger partial charge in [0.25, 0.3) is 0 Å². The Morgan fingerprint density at radius 2 is 1.85 bits per heavy atom. The molecule has 0 aliphatic carbocycles. The van der Waals surface area contributed by atoms with Crippen LogP contribution in [0.25, 0.3) is 10.8 Å². The van der Waals surface area contributed by atoms with Gasteiger partial charge in [0.2, 0.25) is 0 Å². The molecule has 3 nitrogen and oxygen atoms in total. The molecule has 3 aliphatic heterocycles. The molecule has 134 valence electrons. The molecule has 6 rings (SSSR count). The Kier molecular flexibility index (Phi) is 3.05. The van der Waals surface area contributed by atoms with E-state index < -0.39 is 0 Å². The van der Waals surface area contributed by atoms with Crippen LogP contribution in [0.1, 0.15) is 25.5 Å². The minimum atomic E-state index is -0.0734. The van der Waals surface area contributed by atoms with Gasteiger partial charge in [0, 0.05) is 21.9 Å². The summed E-state index contributed by atoms with van der Waals surface area (Å²) in [6.45, 7) is 5.37. The van der Waals surface area contributed by atoms with Crippen LogP contribution in [0.5, 0.6) is 5.75 Å². The highest BCUT2D eigenvalue weighted by molar-refractivity contribution is 8.14. The highest BCUT2D eigenvalue weighted by Crippen LogP contribution is 2.55. The Hall–Kier alpha value is -2.46. The second kappa shape index (κ2) is 5.29. The van der Waals surface area contributed by atoms with E-state index in [0.717, 1.165) is 10.9 Å². The van der Waals surface area contributed by atoms with E-state index in [-0.39, 0.29) is 11.6 Å². The van der Waals surface area contributed by atoms with E-state index in [9.17, 15) is 0 Å². The Labute approximate surface area is 163 Å². The largest absolute Gasteiger partial charge is 0.493 e. The molecule has 0 fully saturated rings. The van der Waals surface area contributed by atoms with E-state index in [4.69, 9.17) is 9.73 Å². The first-order valence-corrected chi connectivity index (χ1v) is 10.3. The van der Waals surface area contributed by atoms with E-state index in [1.165, 1.54) is 26.9 Å². The van der Waals surface area contributed by atoms with Gasteiger partial charge in [-0.1, -0.05) is 42.5 Å². The monoisotopic (exact) mass is 372 g/mol. The van der Waals surface area contributed by atoms with E-state index >= 15 is 0 Å². The number of para-hydroxylation sites is 1. The fourth-order valence-corrected chi connectivity index (χ4v) is 6.02. The zero-order chi connectivity index (χ0) is 18.2. The van der Waals surface area contributed by atoms with E-state index in [1.54, 1.807) is 11.8 Å². The van der Waals surface area contributed by atoms with Gasteiger partial charge in [-0.05, 0) is 54.6 Å². The standard InChI is InChI=1S/C23H20N2OS/c1-23(2)16-13-26-18-12-11-14-7-3-4-8-15(14)20(18)21(16)24-22-25(23)17-9-5-6-10-19(17)27-22/h3-12,16,21H,13H2,1-2H3. The lowest BCUT2D eigenvalue weighted by Crippen LogP contribution is -2.57. The van der Waals surface area contributed by atoms with Crippen LogP contribution >= 0.6 is 11.8 Å². The highest BCUT2D eigenvalue weighted by atomic mass is 32.2. The summed E-state index contributed by atoms with van der Waals surface area (Å²) >= 11 is 1.79. The van der Waals surface area contributed by atoms with Crippen molar-refractivity contribution in [3.63, 3.8) is 0 Å². The third kappa shape index (κ3) is 2.02. The summed E-state index contributed by atoms with van der Waals surface area (Å²) in [5.74, 6) is 1.29. The molecule has 4 heteroatoms. The first kappa shape index (κ1) is 15.6. The molecular formula is C23H20N2OS. The maximum absolute atomic E-state index is 6.27. The summed E-state index contributed by atoms with van der Waals surface area (Å²) in [7, 11) is 0. The molecule has 0 spiro atoms. The van der Waals surface area contributed by atoms with Crippen LogP contribution in [-0.2, 0) is 0 Å². The summed E-state index contributed by atoms with van der Waals surface area (Å²) in [6, 6.07) is 21.6. The Bertz CT molecular complexity index is 1120. The van der Waals surface area contributed by atoms with Crippen molar-refractivity contribution in [2.24, 2.45) is 10.9 Å². The number of fused-ring (bicyclic) bond motifs is 8. The number of rotatable bonds is 0. The average Bonchev–Trinajstić information content (AvgIpc) is 3.06. The maximum Gasteiger partial charge on any atom is 0.169 e. The number of ether oxygens (including phenoxy) is 1. The second-order valence-corrected chi connectivity index (χ2v) is 9.04.